The van der Waals surface area contributed by atoms with Crippen LogP contribution in [0.15, 0.2) is 36.7 Å². The highest BCUT2D eigenvalue weighted by Gasteiger charge is 2.11. The third kappa shape index (κ3) is 4.23. The van der Waals surface area contributed by atoms with E-state index in [1.807, 2.05) is 39.0 Å². The topological polar surface area (TPSA) is 59.0 Å². The van der Waals surface area contributed by atoms with Crippen molar-refractivity contribution >= 4 is 23.3 Å². The fraction of sp³-hybridized carbons (Fsp3) is 0.333. The zero-order valence-corrected chi connectivity index (χ0v) is 13.1. The Morgan fingerprint density at radius 1 is 1.33 bits per heavy atom. The second-order valence-electron chi connectivity index (χ2n) is 5.18. The van der Waals surface area contributed by atoms with Crippen molar-refractivity contribution in [1.29, 1.82) is 0 Å². The number of hydrogen-bond acceptors (Lipinski definition) is 2. The third-order valence-electron chi connectivity index (χ3n) is 3.08. The first kappa shape index (κ1) is 15.4. The van der Waals surface area contributed by atoms with Crippen molar-refractivity contribution < 1.29 is 4.79 Å². The molecule has 1 atom stereocenters. The largest absolute Gasteiger partial charge is 0.331 e. The summed E-state index contributed by atoms with van der Waals surface area (Å²) in [5.74, 6) is 0. The van der Waals surface area contributed by atoms with E-state index >= 15 is 0 Å². The van der Waals surface area contributed by atoms with Gasteiger partial charge in [-0.25, -0.2) is 4.79 Å². The second-order valence-corrected chi connectivity index (χ2v) is 5.61. The third-order valence-corrected chi connectivity index (χ3v) is 3.32. The van der Waals surface area contributed by atoms with Gasteiger partial charge < -0.3 is 10.6 Å². The van der Waals surface area contributed by atoms with Gasteiger partial charge in [-0.2, -0.15) is 5.10 Å². The average Bonchev–Trinajstić information content (AvgIpc) is 2.87. The molecule has 0 saturated heterocycles. The number of anilines is 1. The molecule has 2 rings (SSSR count). The molecule has 2 amide bonds. The van der Waals surface area contributed by atoms with E-state index in [4.69, 9.17) is 11.6 Å². The smallest absolute Gasteiger partial charge is 0.319 e. The lowest BCUT2D eigenvalue weighted by Crippen LogP contribution is -2.31. The molecule has 0 spiro atoms. The highest BCUT2D eigenvalue weighted by Crippen LogP contribution is 2.17. The maximum Gasteiger partial charge on any atom is 0.319 e. The predicted octanol–water partition coefficient (Wildman–Crippen LogP) is 4.00. The van der Waals surface area contributed by atoms with E-state index in [0.29, 0.717) is 10.7 Å². The lowest BCUT2D eigenvalue weighted by Gasteiger charge is -2.14. The van der Waals surface area contributed by atoms with Crippen LogP contribution in [0.4, 0.5) is 10.5 Å². The van der Waals surface area contributed by atoms with Crippen molar-refractivity contribution in [2.24, 2.45) is 0 Å². The minimum Gasteiger partial charge on any atom is -0.331 e. The first-order valence-corrected chi connectivity index (χ1v) is 7.20. The molecule has 6 heteroatoms. The van der Waals surface area contributed by atoms with Crippen LogP contribution in [0.3, 0.4) is 0 Å². The molecule has 1 aromatic carbocycles. The summed E-state index contributed by atoms with van der Waals surface area (Å²) in [5, 5.41) is 10.5. The van der Waals surface area contributed by atoms with E-state index in [1.165, 1.54) is 0 Å². The zero-order valence-electron chi connectivity index (χ0n) is 12.3. The summed E-state index contributed by atoms with van der Waals surface area (Å²) >= 11 is 5.95. The van der Waals surface area contributed by atoms with Gasteiger partial charge in [-0.15, -0.1) is 0 Å². The maximum absolute atomic E-state index is 12.0. The van der Waals surface area contributed by atoms with E-state index in [1.54, 1.807) is 23.1 Å². The summed E-state index contributed by atoms with van der Waals surface area (Å²) in [7, 11) is 0. The summed E-state index contributed by atoms with van der Waals surface area (Å²) in [6, 6.07) is 7.28. The average molecular weight is 307 g/mol. The van der Waals surface area contributed by atoms with Gasteiger partial charge in [0.05, 0.1) is 17.9 Å². The van der Waals surface area contributed by atoms with Gasteiger partial charge in [0.2, 0.25) is 0 Å². The number of nitrogens with one attached hydrogen (secondary N) is 2. The van der Waals surface area contributed by atoms with Crippen molar-refractivity contribution in [2.45, 2.75) is 32.9 Å². The van der Waals surface area contributed by atoms with Crippen molar-refractivity contribution in [3.63, 3.8) is 0 Å². The Balaban J connectivity index is 1.94. The summed E-state index contributed by atoms with van der Waals surface area (Å²) in [4.78, 5) is 12.0. The molecule has 1 heterocycles. The number of rotatable bonds is 4. The molecule has 0 saturated carbocycles. The standard InChI is InChI=1S/C15H19ClN4O/c1-10(2)20-9-14(8-17-20)19-15(21)18-11(3)12-5-4-6-13(16)7-12/h4-11H,1-3H3,(H2,18,19,21). The fourth-order valence-corrected chi connectivity index (χ4v) is 2.11. The Hall–Kier alpha value is -2.01. The first-order valence-electron chi connectivity index (χ1n) is 6.83. The van der Waals surface area contributed by atoms with Crippen LogP contribution in [0.2, 0.25) is 5.02 Å². The number of amides is 2. The van der Waals surface area contributed by atoms with Crippen molar-refractivity contribution in [1.82, 2.24) is 15.1 Å². The van der Waals surface area contributed by atoms with E-state index in [0.717, 1.165) is 5.56 Å². The molecule has 1 aromatic heterocycles. The number of halogens is 1. The number of hydrogen-bond donors (Lipinski definition) is 2. The van der Waals surface area contributed by atoms with Gasteiger partial charge in [-0.3, -0.25) is 4.68 Å². The van der Waals surface area contributed by atoms with E-state index in [-0.39, 0.29) is 18.1 Å². The number of urea groups is 1. The van der Waals surface area contributed by atoms with E-state index < -0.39 is 0 Å². The van der Waals surface area contributed by atoms with Gasteiger partial charge in [-0.05, 0) is 38.5 Å². The first-order chi connectivity index (χ1) is 9.95. The minimum absolute atomic E-state index is 0.135. The SMILES string of the molecule is CC(NC(=O)Nc1cnn(C(C)C)c1)c1cccc(Cl)c1. The van der Waals surface area contributed by atoms with Crippen LogP contribution >= 0.6 is 11.6 Å². The summed E-state index contributed by atoms with van der Waals surface area (Å²) in [6.45, 7) is 5.96. The lowest BCUT2D eigenvalue weighted by molar-refractivity contribution is 0.249. The number of carbonyl (C=O) groups is 1. The Kier molecular flexibility index (Phi) is 4.85. The normalized spacial score (nSPS) is 12.2. The molecular weight excluding hydrogens is 288 g/mol. The molecule has 0 radical (unpaired) electrons. The van der Waals surface area contributed by atoms with Crippen molar-refractivity contribution in [2.75, 3.05) is 5.32 Å². The quantitative estimate of drug-likeness (QED) is 0.897. The lowest BCUT2D eigenvalue weighted by atomic mass is 10.1. The van der Waals surface area contributed by atoms with Crippen molar-refractivity contribution in [3.8, 4) is 0 Å². The molecule has 0 fully saturated rings. The molecule has 0 bridgehead atoms. The van der Waals surface area contributed by atoms with Gasteiger partial charge in [0, 0.05) is 17.3 Å². The highest BCUT2D eigenvalue weighted by molar-refractivity contribution is 6.30. The van der Waals surface area contributed by atoms with Crippen LogP contribution in [0, 0.1) is 0 Å². The molecule has 0 aliphatic heterocycles. The Labute approximate surface area is 129 Å². The Morgan fingerprint density at radius 3 is 2.71 bits per heavy atom. The van der Waals surface area contributed by atoms with Crippen LogP contribution in [-0.4, -0.2) is 15.8 Å². The van der Waals surface area contributed by atoms with Gasteiger partial charge in [0.15, 0.2) is 0 Å². The molecular formula is C15H19ClN4O. The van der Waals surface area contributed by atoms with Gasteiger partial charge in [-0.1, -0.05) is 23.7 Å². The molecule has 1 unspecified atom stereocenters. The van der Waals surface area contributed by atoms with E-state index in [2.05, 4.69) is 15.7 Å². The minimum atomic E-state index is -0.272. The number of aromatic nitrogens is 2. The van der Waals surface area contributed by atoms with Crippen LogP contribution in [0.25, 0.3) is 0 Å². The molecule has 2 aromatic rings. The molecule has 0 aliphatic carbocycles. The van der Waals surface area contributed by atoms with Crippen LogP contribution in [-0.2, 0) is 0 Å². The van der Waals surface area contributed by atoms with Crippen LogP contribution in [0.5, 0.6) is 0 Å². The van der Waals surface area contributed by atoms with Gasteiger partial charge in [0.25, 0.3) is 0 Å². The Morgan fingerprint density at radius 2 is 2.10 bits per heavy atom. The second kappa shape index (κ2) is 6.63. The summed E-state index contributed by atoms with van der Waals surface area (Å²) in [5.41, 5.74) is 1.62. The van der Waals surface area contributed by atoms with Crippen LogP contribution < -0.4 is 10.6 Å². The zero-order chi connectivity index (χ0) is 15.4. The summed E-state index contributed by atoms with van der Waals surface area (Å²) in [6.07, 6.45) is 3.43. The van der Waals surface area contributed by atoms with Crippen molar-refractivity contribution in [3.05, 3.63) is 47.2 Å². The monoisotopic (exact) mass is 306 g/mol. The van der Waals surface area contributed by atoms with Gasteiger partial charge in [0.1, 0.15) is 0 Å². The molecule has 0 aliphatic rings. The van der Waals surface area contributed by atoms with Gasteiger partial charge >= 0.3 is 6.03 Å². The molecule has 2 N–H and O–H groups in total. The fourth-order valence-electron chi connectivity index (χ4n) is 1.91. The highest BCUT2D eigenvalue weighted by atomic mass is 35.5. The molecule has 112 valence electrons. The van der Waals surface area contributed by atoms with E-state index in [9.17, 15) is 4.79 Å². The number of benzene rings is 1. The summed E-state index contributed by atoms with van der Waals surface area (Å²) < 4.78 is 1.79. The Bertz CT molecular complexity index is 624. The number of nitrogens with zero attached hydrogens (tertiary/aromatic N) is 2. The molecule has 21 heavy (non-hydrogen) atoms. The predicted molar refractivity (Wildman–Crippen MR) is 84.6 cm³/mol. The number of carbonyl (C=O) groups excluding carboxylic acids is 1. The van der Waals surface area contributed by atoms with Crippen LogP contribution in [0.1, 0.15) is 38.4 Å². The maximum atomic E-state index is 12.0. The molecule has 5 nitrogen and oxygen atoms in total.